The third-order valence-corrected chi connectivity index (χ3v) is 6.48. The van der Waals surface area contributed by atoms with Gasteiger partial charge in [0.2, 0.25) is 0 Å². The van der Waals surface area contributed by atoms with Crippen LogP contribution in [0.2, 0.25) is 0 Å². The average molecular weight is 446 g/mol. The molecule has 0 saturated carbocycles. The Bertz CT molecular complexity index is 1280. The summed E-state index contributed by atoms with van der Waals surface area (Å²) in [6.07, 6.45) is 10.8. The highest BCUT2D eigenvalue weighted by Gasteiger charge is 2.24. The fourth-order valence-corrected chi connectivity index (χ4v) is 4.53. The summed E-state index contributed by atoms with van der Waals surface area (Å²) in [4.78, 5) is 7.17. The molecule has 1 heterocycles. The van der Waals surface area contributed by atoms with Gasteiger partial charge in [-0.1, -0.05) is 74.0 Å². The Labute approximate surface area is 203 Å². The summed E-state index contributed by atoms with van der Waals surface area (Å²) in [6, 6.07) is 26.4. The van der Waals surface area contributed by atoms with Gasteiger partial charge in [0.05, 0.1) is 5.69 Å². The molecule has 34 heavy (non-hydrogen) atoms. The predicted octanol–water partition coefficient (Wildman–Crippen LogP) is 6.42. The zero-order valence-corrected chi connectivity index (χ0v) is 19.7. The van der Waals surface area contributed by atoms with Crippen LogP contribution in [0.25, 0.3) is 11.1 Å². The van der Waals surface area contributed by atoms with Crippen LogP contribution in [0, 0.1) is 12.3 Å². The first-order chi connectivity index (χ1) is 16.6. The Morgan fingerprint density at radius 3 is 2.56 bits per heavy atom. The first-order valence-electron chi connectivity index (χ1n) is 11.7. The average Bonchev–Trinajstić information content (AvgIpc) is 2.88. The lowest BCUT2D eigenvalue weighted by molar-refractivity contribution is 0.158. The maximum absolute atomic E-state index is 5.66. The van der Waals surface area contributed by atoms with Gasteiger partial charge >= 0.3 is 0 Å². The number of rotatable bonds is 7. The van der Waals surface area contributed by atoms with E-state index in [1.54, 1.807) is 6.21 Å². The molecule has 1 aliphatic rings. The molecule has 3 aromatic carbocycles. The van der Waals surface area contributed by atoms with E-state index in [1.165, 1.54) is 28.5 Å². The quantitative estimate of drug-likeness (QED) is 0.259. The van der Waals surface area contributed by atoms with Crippen molar-refractivity contribution in [2.24, 2.45) is 10.7 Å². The largest absolute Gasteiger partial charge is 0.404 e. The van der Waals surface area contributed by atoms with Gasteiger partial charge in [-0.05, 0) is 58.9 Å². The van der Waals surface area contributed by atoms with E-state index in [4.69, 9.17) is 12.2 Å². The van der Waals surface area contributed by atoms with Crippen LogP contribution in [0.5, 0.6) is 0 Å². The Hall–Kier alpha value is -3.87. The van der Waals surface area contributed by atoms with E-state index in [0.29, 0.717) is 17.2 Å². The van der Waals surface area contributed by atoms with E-state index in [2.05, 4.69) is 90.0 Å². The van der Waals surface area contributed by atoms with Crippen molar-refractivity contribution in [3.63, 3.8) is 0 Å². The Morgan fingerprint density at radius 2 is 1.82 bits per heavy atom. The van der Waals surface area contributed by atoms with Crippen LogP contribution in [-0.4, -0.2) is 17.2 Å². The van der Waals surface area contributed by atoms with E-state index >= 15 is 0 Å². The molecule has 0 bridgehead atoms. The molecular weight excluding hydrogens is 414 g/mol. The minimum atomic E-state index is 0.515. The van der Waals surface area contributed by atoms with E-state index in [1.807, 2.05) is 12.1 Å². The van der Waals surface area contributed by atoms with Crippen LogP contribution in [0.3, 0.4) is 0 Å². The van der Waals surface area contributed by atoms with Gasteiger partial charge in [0.25, 0.3) is 0 Å². The maximum Gasteiger partial charge on any atom is 0.0636 e. The fraction of sp³-hybridized carbons (Fsp3) is 0.194. The normalized spacial score (nSPS) is 16.2. The zero-order chi connectivity index (χ0) is 23.9. The van der Waals surface area contributed by atoms with Crippen molar-refractivity contribution in [2.45, 2.75) is 38.9 Å². The first kappa shape index (κ1) is 23.3. The van der Waals surface area contributed by atoms with Crippen LogP contribution in [0.4, 0.5) is 5.69 Å². The summed E-state index contributed by atoms with van der Waals surface area (Å²) in [7, 11) is 0. The van der Waals surface area contributed by atoms with Gasteiger partial charge in [0.1, 0.15) is 0 Å². The van der Waals surface area contributed by atoms with Crippen molar-refractivity contribution >= 4 is 11.9 Å². The summed E-state index contributed by atoms with van der Waals surface area (Å²) in [5.41, 5.74) is 14.2. The molecule has 0 radical (unpaired) electrons. The molecule has 0 aromatic heterocycles. The maximum atomic E-state index is 5.66. The molecule has 3 heteroatoms. The van der Waals surface area contributed by atoms with Crippen LogP contribution in [-0.2, 0) is 19.5 Å². The van der Waals surface area contributed by atoms with Crippen molar-refractivity contribution in [1.82, 2.24) is 4.90 Å². The summed E-state index contributed by atoms with van der Waals surface area (Å²) < 4.78 is 0. The molecule has 4 rings (SSSR count). The number of nitrogens with two attached hydrogens (primary N) is 1. The van der Waals surface area contributed by atoms with Crippen LogP contribution in [0.1, 0.15) is 30.0 Å². The highest BCUT2D eigenvalue weighted by molar-refractivity contribution is 5.88. The van der Waals surface area contributed by atoms with Gasteiger partial charge in [-0.25, -0.2) is 0 Å². The van der Waals surface area contributed by atoms with E-state index < -0.39 is 0 Å². The number of fused-ring (bicyclic) bond motifs is 1. The molecule has 1 atom stereocenters. The monoisotopic (exact) mass is 445 g/mol. The highest BCUT2D eigenvalue weighted by atomic mass is 15.2. The summed E-state index contributed by atoms with van der Waals surface area (Å²) in [6.45, 7) is 8.06. The van der Waals surface area contributed by atoms with Crippen molar-refractivity contribution in [3.05, 3.63) is 113 Å². The second-order valence-corrected chi connectivity index (χ2v) is 8.69. The van der Waals surface area contributed by atoms with Gasteiger partial charge in [-0.3, -0.25) is 9.89 Å². The fourth-order valence-electron chi connectivity index (χ4n) is 4.53. The van der Waals surface area contributed by atoms with E-state index in [9.17, 15) is 0 Å². The minimum Gasteiger partial charge on any atom is -0.404 e. The standard InChI is InChI=1S/C31H31N3/c1-4-23(3)29(19-32)20-33-30-15-9-14-26(17-30)25-13-8-10-24(16-25)21-34-22-28-12-7-6-11-27(28)18-31(34)5-2/h1,6-17,19-20,31H,3,5,18,21-22,32H2,2H3. The topological polar surface area (TPSA) is 41.6 Å². The number of allylic oxidation sites excluding steroid dienone is 2. The molecule has 0 aliphatic carbocycles. The van der Waals surface area contributed by atoms with Crippen LogP contribution >= 0.6 is 0 Å². The number of aliphatic imine (C=N–C) groups is 1. The lowest BCUT2D eigenvalue weighted by Gasteiger charge is -2.36. The number of hydrogen-bond donors (Lipinski definition) is 1. The molecule has 0 fully saturated rings. The predicted molar refractivity (Wildman–Crippen MR) is 144 cm³/mol. The van der Waals surface area contributed by atoms with E-state index in [0.717, 1.165) is 37.2 Å². The molecule has 3 nitrogen and oxygen atoms in total. The Morgan fingerprint density at radius 1 is 1.09 bits per heavy atom. The molecule has 1 unspecified atom stereocenters. The van der Waals surface area contributed by atoms with Crippen molar-refractivity contribution in [1.29, 1.82) is 0 Å². The van der Waals surface area contributed by atoms with Gasteiger partial charge in [0, 0.05) is 42.7 Å². The molecule has 170 valence electrons. The molecule has 0 spiro atoms. The number of terminal acetylenes is 1. The van der Waals surface area contributed by atoms with Crippen LogP contribution in [0.15, 0.2) is 102 Å². The SMILES string of the molecule is C#CC(=C)C(C=Nc1cccc(-c2cccc(CN3Cc4ccccc4CC3CC)c2)c1)=CN. The lowest BCUT2D eigenvalue weighted by atomic mass is 9.92. The van der Waals surface area contributed by atoms with Crippen LogP contribution < -0.4 is 5.73 Å². The third kappa shape index (κ3) is 5.36. The molecule has 1 aliphatic heterocycles. The molecule has 0 amide bonds. The summed E-state index contributed by atoms with van der Waals surface area (Å²) in [5, 5.41) is 0. The number of benzene rings is 3. The molecule has 2 N–H and O–H groups in total. The van der Waals surface area contributed by atoms with E-state index in [-0.39, 0.29) is 0 Å². The zero-order valence-electron chi connectivity index (χ0n) is 19.7. The smallest absolute Gasteiger partial charge is 0.0636 e. The Balaban J connectivity index is 1.54. The highest BCUT2D eigenvalue weighted by Crippen LogP contribution is 2.29. The molecule has 0 saturated heterocycles. The second-order valence-electron chi connectivity index (χ2n) is 8.69. The van der Waals surface area contributed by atoms with Gasteiger partial charge < -0.3 is 5.73 Å². The summed E-state index contributed by atoms with van der Waals surface area (Å²) >= 11 is 0. The van der Waals surface area contributed by atoms with Gasteiger partial charge in [-0.2, -0.15) is 0 Å². The number of nitrogens with zero attached hydrogens (tertiary/aromatic N) is 2. The molecule has 3 aromatic rings. The van der Waals surface area contributed by atoms with Gasteiger partial charge in [0.15, 0.2) is 0 Å². The molecular formula is C31H31N3. The second kappa shape index (κ2) is 10.8. The first-order valence-corrected chi connectivity index (χ1v) is 11.7. The number of hydrogen-bond acceptors (Lipinski definition) is 3. The minimum absolute atomic E-state index is 0.515. The Kier molecular flexibility index (Phi) is 7.42. The van der Waals surface area contributed by atoms with Crippen molar-refractivity contribution in [3.8, 4) is 23.5 Å². The van der Waals surface area contributed by atoms with Crippen molar-refractivity contribution in [2.75, 3.05) is 0 Å². The third-order valence-electron chi connectivity index (χ3n) is 6.48. The lowest BCUT2D eigenvalue weighted by Crippen LogP contribution is -2.39. The van der Waals surface area contributed by atoms with Crippen molar-refractivity contribution < 1.29 is 0 Å². The van der Waals surface area contributed by atoms with Gasteiger partial charge in [-0.15, -0.1) is 6.42 Å². The summed E-state index contributed by atoms with van der Waals surface area (Å²) in [5.74, 6) is 2.50.